The number of nitrogens with zero attached hydrogens (tertiary/aromatic N) is 1. The Bertz CT molecular complexity index is 479. The third kappa shape index (κ3) is 4.93. The van der Waals surface area contributed by atoms with Gasteiger partial charge in [-0.15, -0.1) is 0 Å². The van der Waals surface area contributed by atoms with Crippen LogP contribution in [0, 0.1) is 0 Å². The monoisotopic (exact) mass is 291 g/mol. The highest BCUT2D eigenvalue weighted by molar-refractivity contribution is 5.68. The first-order valence-corrected chi connectivity index (χ1v) is 7.39. The standard InChI is InChI=1S/C16H25N3O2/c1-16(2,3)21-15(20)19-9-8-14(11-19)18-10-12-4-6-13(17)7-5-12/h4-7,14,18H,8-11,17H2,1-3H3. The van der Waals surface area contributed by atoms with Crippen molar-refractivity contribution in [2.24, 2.45) is 0 Å². The molecule has 0 saturated carbocycles. The summed E-state index contributed by atoms with van der Waals surface area (Å²) in [4.78, 5) is 13.8. The molecule has 0 aromatic heterocycles. The summed E-state index contributed by atoms with van der Waals surface area (Å²) in [5, 5.41) is 3.47. The Hall–Kier alpha value is -1.75. The number of carbonyl (C=O) groups is 1. The quantitative estimate of drug-likeness (QED) is 0.839. The van der Waals surface area contributed by atoms with Gasteiger partial charge in [-0.05, 0) is 44.9 Å². The zero-order valence-corrected chi connectivity index (χ0v) is 13.1. The number of nitrogen functional groups attached to an aromatic ring is 1. The maximum atomic E-state index is 12.0. The summed E-state index contributed by atoms with van der Waals surface area (Å²) in [7, 11) is 0. The molecule has 0 radical (unpaired) electrons. The predicted octanol–water partition coefficient (Wildman–Crippen LogP) is 2.37. The minimum absolute atomic E-state index is 0.223. The fourth-order valence-corrected chi connectivity index (χ4v) is 2.32. The lowest BCUT2D eigenvalue weighted by atomic mass is 10.2. The van der Waals surface area contributed by atoms with E-state index in [-0.39, 0.29) is 6.09 Å². The summed E-state index contributed by atoms with van der Waals surface area (Å²) in [6.07, 6.45) is 0.730. The fraction of sp³-hybridized carbons (Fsp3) is 0.562. The number of anilines is 1. The normalized spacial score (nSPS) is 18.8. The maximum absolute atomic E-state index is 12.0. The molecule has 1 aromatic rings. The number of ether oxygens (including phenoxy) is 1. The number of carbonyl (C=O) groups excluding carboxylic acids is 1. The Labute approximate surface area is 126 Å². The van der Waals surface area contributed by atoms with Crippen molar-refractivity contribution in [1.82, 2.24) is 10.2 Å². The Morgan fingerprint density at radius 2 is 2.05 bits per heavy atom. The summed E-state index contributed by atoms with van der Waals surface area (Å²) < 4.78 is 5.39. The van der Waals surface area contributed by atoms with Crippen molar-refractivity contribution < 1.29 is 9.53 Å². The smallest absolute Gasteiger partial charge is 0.410 e. The zero-order valence-electron chi connectivity index (χ0n) is 13.1. The molecule has 1 heterocycles. The molecule has 21 heavy (non-hydrogen) atoms. The molecule has 5 nitrogen and oxygen atoms in total. The van der Waals surface area contributed by atoms with Gasteiger partial charge in [0.05, 0.1) is 0 Å². The largest absolute Gasteiger partial charge is 0.444 e. The van der Waals surface area contributed by atoms with Crippen molar-refractivity contribution in [2.75, 3.05) is 18.8 Å². The lowest BCUT2D eigenvalue weighted by molar-refractivity contribution is 0.0291. The average molecular weight is 291 g/mol. The molecule has 0 bridgehead atoms. The van der Waals surface area contributed by atoms with Crippen LogP contribution in [0.25, 0.3) is 0 Å². The first-order chi connectivity index (χ1) is 9.83. The van der Waals surface area contributed by atoms with Gasteiger partial charge >= 0.3 is 6.09 Å². The molecule has 1 saturated heterocycles. The van der Waals surface area contributed by atoms with Gasteiger partial charge in [-0.3, -0.25) is 0 Å². The van der Waals surface area contributed by atoms with E-state index in [2.05, 4.69) is 5.32 Å². The minimum Gasteiger partial charge on any atom is -0.444 e. The molecule has 0 aliphatic carbocycles. The van der Waals surface area contributed by atoms with Crippen LogP contribution >= 0.6 is 0 Å². The van der Waals surface area contributed by atoms with Gasteiger partial charge < -0.3 is 20.7 Å². The van der Waals surface area contributed by atoms with Crippen LogP contribution in [0.2, 0.25) is 0 Å². The van der Waals surface area contributed by atoms with E-state index in [1.807, 2.05) is 45.0 Å². The van der Waals surface area contributed by atoms with E-state index >= 15 is 0 Å². The van der Waals surface area contributed by atoms with Crippen molar-refractivity contribution in [3.8, 4) is 0 Å². The van der Waals surface area contributed by atoms with Gasteiger partial charge in [-0.1, -0.05) is 12.1 Å². The lowest BCUT2D eigenvalue weighted by Crippen LogP contribution is -2.38. The molecule has 3 N–H and O–H groups in total. The van der Waals surface area contributed by atoms with Gasteiger partial charge in [-0.2, -0.15) is 0 Å². The van der Waals surface area contributed by atoms with E-state index < -0.39 is 5.60 Å². The van der Waals surface area contributed by atoms with Crippen molar-refractivity contribution in [3.63, 3.8) is 0 Å². The molecular weight excluding hydrogens is 266 g/mol. The number of amides is 1. The number of benzene rings is 1. The highest BCUT2D eigenvalue weighted by Gasteiger charge is 2.29. The number of rotatable bonds is 3. The van der Waals surface area contributed by atoms with E-state index in [1.54, 1.807) is 4.90 Å². The molecule has 1 aliphatic rings. The second-order valence-corrected chi connectivity index (χ2v) is 6.53. The highest BCUT2D eigenvalue weighted by atomic mass is 16.6. The molecule has 1 atom stereocenters. The fourth-order valence-electron chi connectivity index (χ4n) is 2.32. The number of nitrogens with one attached hydrogen (secondary N) is 1. The minimum atomic E-state index is -0.438. The molecular formula is C16H25N3O2. The SMILES string of the molecule is CC(C)(C)OC(=O)N1CCC(NCc2ccc(N)cc2)C1. The second kappa shape index (κ2) is 6.35. The van der Waals surface area contributed by atoms with Crippen molar-refractivity contribution in [3.05, 3.63) is 29.8 Å². The predicted molar refractivity (Wildman–Crippen MR) is 83.9 cm³/mol. The van der Waals surface area contributed by atoms with Crippen molar-refractivity contribution >= 4 is 11.8 Å². The third-order valence-electron chi connectivity index (χ3n) is 3.41. The topological polar surface area (TPSA) is 67.6 Å². The summed E-state index contributed by atoms with van der Waals surface area (Å²) in [6.45, 7) is 7.89. The van der Waals surface area contributed by atoms with E-state index in [4.69, 9.17) is 10.5 Å². The van der Waals surface area contributed by atoms with Crippen LogP contribution in [0.5, 0.6) is 0 Å². The van der Waals surface area contributed by atoms with Gasteiger partial charge in [0.25, 0.3) is 0 Å². The molecule has 5 heteroatoms. The van der Waals surface area contributed by atoms with Gasteiger partial charge in [0, 0.05) is 31.4 Å². The summed E-state index contributed by atoms with van der Waals surface area (Å²) in [5.74, 6) is 0. The van der Waals surface area contributed by atoms with Crippen LogP contribution in [0.15, 0.2) is 24.3 Å². The number of hydrogen-bond donors (Lipinski definition) is 2. The molecule has 1 aliphatic heterocycles. The van der Waals surface area contributed by atoms with Gasteiger partial charge in [0.15, 0.2) is 0 Å². The van der Waals surface area contributed by atoms with Crippen LogP contribution in [-0.2, 0) is 11.3 Å². The molecule has 1 aromatic carbocycles. The van der Waals surface area contributed by atoms with Crippen molar-refractivity contribution in [2.45, 2.75) is 45.4 Å². The second-order valence-electron chi connectivity index (χ2n) is 6.53. The van der Waals surface area contributed by atoms with Crippen LogP contribution in [0.4, 0.5) is 10.5 Å². The Morgan fingerprint density at radius 1 is 1.38 bits per heavy atom. The molecule has 1 fully saturated rings. The molecule has 116 valence electrons. The molecule has 1 unspecified atom stereocenters. The van der Waals surface area contributed by atoms with Crippen LogP contribution in [0.1, 0.15) is 32.8 Å². The van der Waals surface area contributed by atoms with Crippen LogP contribution < -0.4 is 11.1 Å². The Kier molecular flexibility index (Phi) is 4.73. The van der Waals surface area contributed by atoms with Gasteiger partial charge in [0.2, 0.25) is 0 Å². The van der Waals surface area contributed by atoms with E-state index in [0.717, 1.165) is 25.2 Å². The van der Waals surface area contributed by atoms with E-state index in [9.17, 15) is 4.79 Å². The van der Waals surface area contributed by atoms with Crippen LogP contribution in [0.3, 0.4) is 0 Å². The summed E-state index contributed by atoms with van der Waals surface area (Å²) in [6, 6.07) is 8.15. The Morgan fingerprint density at radius 3 is 2.67 bits per heavy atom. The van der Waals surface area contributed by atoms with Gasteiger partial charge in [-0.25, -0.2) is 4.79 Å². The number of likely N-dealkylation sites (tertiary alicyclic amines) is 1. The first-order valence-electron chi connectivity index (χ1n) is 7.39. The number of nitrogens with two attached hydrogens (primary N) is 1. The van der Waals surface area contributed by atoms with Gasteiger partial charge in [0.1, 0.15) is 5.60 Å². The summed E-state index contributed by atoms with van der Waals surface area (Å²) >= 11 is 0. The zero-order chi connectivity index (χ0) is 15.5. The lowest BCUT2D eigenvalue weighted by Gasteiger charge is -2.24. The molecule has 0 spiro atoms. The summed E-state index contributed by atoms with van der Waals surface area (Å²) in [5.41, 5.74) is 7.20. The maximum Gasteiger partial charge on any atom is 0.410 e. The van der Waals surface area contributed by atoms with E-state index in [1.165, 1.54) is 5.56 Å². The van der Waals surface area contributed by atoms with E-state index in [0.29, 0.717) is 12.6 Å². The van der Waals surface area contributed by atoms with Crippen LogP contribution in [-0.4, -0.2) is 35.7 Å². The average Bonchev–Trinajstić information content (AvgIpc) is 2.85. The molecule has 2 rings (SSSR count). The third-order valence-corrected chi connectivity index (χ3v) is 3.41. The van der Waals surface area contributed by atoms with Crippen molar-refractivity contribution in [1.29, 1.82) is 0 Å². The highest BCUT2D eigenvalue weighted by Crippen LogP contribution is 2.16. The first kappa shape index (κ1) is 15.6. The number of hydrogen-bond acceptors (Lipinski definition) is 4. The molecule has 1 amide bonds. The Balaban J connectivity index is 1.77.